The number of furan rings is 1. The quantitative estimate of drug-likeness (QED) is 0.367. The van der Waals surface area contributed by atoms with Gasteiger partial charge in [0, 0.05) is 17.4 Å². The number of hydrazone groups is 1. The number of fused-ring (bicyclic) bond motifs is 1. The Morgan fingerprint density at radius 2 is 1.91 bits per heavy atom. The first-order chi connectivity index (χ1) is 16.1. The molecule has 33 heavy (non-hydrogen) atoms. The average Bonchev–Trinajstić information content (AvgIpc) is 3.54. The van der Waals surface area contributed by atoms with Crippen LogP contribution in [0, 0.1) is 0 Å². The van der Waals surface area contributed by atoms with Crippen LogP contribution < -0.4 is 9.47 Å². The topological polar surface area (TPSA) is 77.2 Å². The van der Waals surface area contributed by atoms with E-state index < -0.39 is 6.04 Å². The molecule has 0 saturated carbocycles. The van der Waals surface area contributed by atoms with Gasteiger partial charge in [-0.15, -0.1) is 0 Å². The Morgan fingerprint density at radius 3 is 2.61 bits per heavy atom. The van der Waals surface area contributed by atoms with Gasteiger partial charge < -0.3 is 13.9 Å². The van der Waals surface area contributed by atoms with Crippen LogP contribution in [0.2, 0.25) is 5.15 Å². The molecule has 8 heteroatoms. The van der Waals surface area contributed by atoms with Crippen LogP contribution in [0.25, 0.3) is 10.9 Å². The molecular weight excluding hydrogens is 442 g/mol. The van der Waals surface area contributed by atoms with Gasteiger partial charge >= 0.3 is 5.91 Å². The lowest BCUT2D eigenvalue weighted by molar-refractivity contribution is 0.0678. The number of carbonyl (C=O) groups is 1. The van der Waals surface area contributed by atoms with Crippen LogP contribution in [0.1, 0.15) is 34.1 Å². The average molecular weight is 462 g/mol. The Balaban J connectivity index is 1.59. The van der Waals surface area contributed by atoms with Crippen molar-refractivity contribution in [3.05, 3.63) is 89.0 Å². The molecule has 166 valence electrons. The molecule has 2 aromatic heterocycles. The Morgan fingerprint density at radius 1 is 1.09 bits per heavy atom. The highest BCUT2D eigenvalue weighted by atomic mass is 35.5. The third-order valence-electron chi connectivity index (χ3n) is 5.64. The summed E-state index contributed by atoms with van der Waals surface area (Å²) in [5.74, 6) is 1.22. The van der Waals surface area contributed by atoms with E-state index in [-0.39, 0.29) is 11.7 Å². The smallest absolute Gasteiger partial charge is 0.310 e. The lowest BCUT2D eigenvalue weighted by atomic mass is 9.98. The van der Waals surface area contributed by atoms with Crippen molar-refractivity contribution in [2.45, 2.75) is 12.5 Å². The molecule has 0 unspecified atom stereocenters. The number of methoxy groups -OCH3 is 2. The highest BCUT2D eigenvalue weighted by molar-refractivity contribution is 6.30. The van der Waals surface area contributed by atoms with E-state index in [1.54, 1.807) is 26.4 Å². The van der Waals surface area contributed by atoms with E-state index in [1.165, 1.54) is 11.3 Å². The van der Waals surface area contributed by atoms with Crippen molar-refractivity contribution in [1.82, 2.24) is 9.99 Å². The van der Waals surface area contributed by atoms with Gasteiger partial charge in [0.1, 0.15) is 22.2 Å². The molecule has 5 rings (SSSR count). The molecule has 1 aliphatic heterocycles. The summed E-state index contributed by atoms with van der Waals surface area (Å²) < 4.78 is 16.0. The normalized spacial score (nSPS) is 15.5. The number of benzene rings is 2. The van der Waals surface area contributed by atoms with Crippen molar-refractivity contribution in [1.29, 1.82) is 0 Å². The number of amides is 1. The third-order valence-corrected chi connectivity index (χ3v) is 5.94. The third kappa shape index (κ3) is 3.81. The molecular formula is C25H20ClN3O4. The predicted molar refractivity (Wildman–Crippen MR) is 125 cm³/mol. The van der Waals surface area contributed by atoms with Crippen molar-refractivity contribution in [2.75, 3.05) is 14.2 Å². The van der Waals surface area contributed by atoms with Crippen LogP contribution in [-0.4, -0.2) is 35.8 Å². The molecule has 1 atom stereocenters. The summed E-state index contributed by atoms with van der Waals surface area (Å²) in [5, 5.41) is 7.25. The first-order valence-electron chi connectivity index (χ1n) is 10.3. The van der Waals surface area contributed by atoms with E-state index >= 15 is 0 Å². The molecule has 1 aliphatic rings. The van der Waals surface area contributed by atoms with Gasteiger partial charge in [0.15, 0.2) is 5.76 Å². The molecule has 2 aromatic carbocycles. The largest absolute Gasteiger partial charge is 0.497 e. The number of aromatic nitrogens is 1. The Bertz CT molecular complexity index is 1350. The molecule has 7 nitrogen and oxygen atoms in total. The SMILES string of the molecule is COc1ccc(C2=NN(C(=O)c3ccco3)[C@H](c3cc4cccc(OC)c4nc3Cl)C2)cc1. The first kappa shape index (κ1) is 21.0. The van der Waals surface area contributed by atoms with Gasteiger partial charge in [-0.3, -0.25) is 4.79 Å². The van der Waals surface area contributed by atoms with Gasteiger partial charge in [0.25, 0.3) is 0 Å². The van der Waals surface area contributed by atoms with E-state index in [4.69, 9.17) is 25.5 Å². The fourth-order valence-electron chi connectivity index (χ4n) is 3.97. The van der Waals surface area contributed by atoms with Crippen molar-refractivity contribution < 1.29 is 18.7 Å². The molecule has 0 aliphatic carbocycles. The number of ether oxygens (including phenoxy) is 2. The van der Waals surface area contributed by atoms with E-state index in [0.29, 0.717) is 28.4 Å². The van der Waals surface area contributed by atoms with Crippen molar-refractivity contribution in [2.24, 2.45) is 5.10 Å². The number of para-hydroxylation sites is 1. The van der Waals surface area contributed by atoms with Crippen LogP contribution in [0.5, 0.6) is 11.5 Å². The lowest BCUT2D eigenvalue weighted by Gasteiger charge is -2.22. The zero-order chi connectivity index (χ0) is 22.9. The number of rotatable bonds is 5. The number of hydrogen-bond donors (Lipinski definition) is 0. The van der Waals surface area contributed by atoms with Gasteiger partial charge in [-0.25, -0.2) is 9.99 Å². The minimum atomic E-state index is -0.449. The standard InChI is InChI=1S/C25H20ClN3O4/c1-31-17-10-8-15(9-11-17)19-14-20(29(28-19)25(30)22-7-4-12-33-22)18-13-16-5-3-6-21(32-2)23(16)27-24(18)26/h3-13,20H,14H2,1-2H3/t20-/m0/s1. The Hall–Kier alpha value is -3.84. The lowest BCUT2D eigenvalue weighted by Crippen LogP contribution is -2.27. The molecule has 0 N–H and O–H groups in total. The number of halogens is 1. The summed E-state index contributed by atoms with van der Waals surface area (Å²) in [6.45, 7) is 0. The van der Waals surface area contributed by atoms with E-state index in [9.17, 15) is 4.79 Å². The summed E-state index contributed by atoms with van der Waals surface area (Å²) in [6, 6.07) is 18.0. The van der Waals surface area contributed by atoms with Crippen LogP contribution in [0.15, 0.2) is 76.4 Å². The van der Waals surface area contributed by atoms with Gasteiger partial charge in [-0.2, -0.15) is 5.10 Å². The molecule has 3 heterocycles. The van der Waals surface area contributed by atoms with Gasteiger partial charge in [-0.05, 0) is 54.1 Å². The van der Waals surface area contributed by atoms with Crippen LogP contribution in [-0.2, 0) is 0 Å². The number of carbonyl (C=O) groups excluding carboxylic acids is 1. The predicted octanol–water partition coefficient (Wildman–Crippen LogP) is 5.49. The Labute approximate surface area is 195 Å². The molecule has 0 saturated heterocycles. The monoisotopic (exact) mass is 461 g/mol. The maximum absolute atomic E-state index is 13.3. The fourth-order valence-corrected chi connectivity index (χ4v) is 4.24. The number of pyridine rings is 1. The Kier molecular flexibility index (Phi) is 5.48. The second kappa shape index (κ2) is 8.60. The summed E-state index contributed by atoms with van der Waals surface area (Å²) in [4.78, 5) is 17.8. The highest BCUT2D eigenvalue weighted by Gasteiger charge is 2.36. The van der Waals surface area contributed by atoms with Crippen LogP contribution >= 0.6 is 11.6 Å². The molecule has 0 fully saturated rings. The summed E-state index contributed by atoms with van der Waals surface area (Å²) in [7, 11) is 3.21. The molecule has 0 radical (unpaired) electrons. The minimum Gasteiger partial charge on any atom is -0.497 e. The summed E-state index contributed by atoms with van der Waals surface area (Å²) in [6.07, 6.45) is 1.93. The molecule has 0 bridgehead atoms. The van der Waals surface area contributed by atoms with E-state index in [0.717, 1.165) is 22.4 Å². The van der Waals surface area contributed by atoms with Crippen molar-refractivity contribution >= 4 is 34.1 Å². The second-order valence-corrected chi connectivity index (χ2v) is 7.88. The molecule has 1 amide bonds. The second-order valence-electron chi connectivity index (χ2n) is 7.52. The zero-order valence-corrected chi connectivity index (χ0v) is 18.7. The van der Waals surface area contributed by atoms with Gasteiger partial charge in [-0.1, -0.05) is 23.7 Å². The molecule has 4 aromatic rings. The maximum atomic E-state index is 13.3. The van der Waals surface area contributed by atoms with Gasteiger partial charge in [0.05, 0.1) is 32.2 Å². The van der Waals surface area contributed by atoms with E-state index in [1.807, 2.05) is 48.5 Å². The van der Waals surface area contributed by atoms with E-state index in [2.05, 4.69) is 10.1 Å². The van der Waals surface area contributed by atoms with Crippen LogP contribution in [0.4, 0.5) is 0 Å². The highest BCUT2D eigenvalue weighted by Crippen LogP contribution is 2.39. The van der Waals surface area contributed by atoms with Crippen LogP contribution in [0.3, 0.4) is 0 Å². The maximum Gasteiger partial charge on any atom is 0.310 e. The number of hydrogen-bond acceptors (Lipinski definition) is 6. The minimum absolute atomic E-state index is 0.200. The van der Waals surface area contributed by atoms with Gasteiger partial charge in [0.2, 0.25) is 0 Å². The first-order valence-corrected chi connectivity index (χ1v) is 10.7. The molecule has 0 spiro atoms. The van der Waals surface area contributed by atoms with Crippen molar-refractivity contribution in [3.63, 3.8) is 0 Å². The number of nitrogens with zero attached hydrogens (tertiary/aromatic N) is 3. The fraction of sp³-hybridized carbons (Fsp3) is 0.160. The zero-order valence-electron chi connectivity index (χ0n) is 18.0. The summed E-state index contributed by atoms with van der Waals surface area (Å²) in [5.41, 5.74) is 3.00. The van der Waals surface area contributed by atoms with Crippen molar-refractivity contribution in [3.8, 4) is 11.5 Å². The summed E-state index contributed by atoms with van der Waals surface area (Å²) >= 11 is 6.64.